The molecule has 0 aliphatic rings. The van der Waals surface area contributed by atoms with E-state index in [-0.39, 0.29) is 18.3 Å². The van der Waals surface area contributed by atoms with E-state index < -0.39 is 0 Å². The summed E-state index contributed by atoms with van der Waals surface area (Å²) in [4.78, 5) is 17.2. The smallest absolute Gasteiger partial charge is 0.237 e. The van der Waals surface area contributed by atoms with Crippen molar-refractivity contribution in [2.24, 2.45) is 0 Å². The molecule has 0 saturated heterocycles. The number of carbonyl (C=O) groups is 1. The number of rotatable bonds is 12. The molecule has 0 spiro atoms. The van der Waals surface area contributed by atoms with Gasteiger partial charge in [0.2, 0.25) is 5.91 Å². The molecule has 0 radical (unpaired) electrons. The van der Waals surface area contributed by atoms with Crippen LogP contribution in [0, 0.1) is 12.7 Å². The van der Waals surface area contributed by atoms with Gasteiger partial charge in [-0.25, -0.2) is 4.39 Å². The number of amides is 1. The van der Waals surface area contributed by atoms with E-state index in [0.717, 1.165) is 30.8 Å². The van der Waals surface area contributed by atoms with Crippen molar-refractivity contribution in [3.8, 4) is 0 Å². The van der Waals surface area contributed by atoms with Gasteiger partial charge in [-0.3, -0.25) is 9.69 Å². The first-order chi connectivity index (χ1) is 16.0. The molecular formula is C27H32ClFN2O2. The van der Waals surface area contributed by atoms with Crippen molar-refractivity contribution < 1.29 is 13.6 Å². The van der Waals surface area contributed by atoms with Gasteiger partial charge in [-0.15, -0.1) is 0 Å². The molecule has 0 unspecified atom stereocenters. The van der Waals surface area contributed by atoms with Gasteiger partial charge in [0, 0.05) is 23.7 Å². The second-order valence-corrected chi connectivity index (χ2v) is 8.73. The lowest BCUT2D eigenvalue weighted by Gasteiger charge is -2.27. The maximum atomic E-state index is 14.4. The number of hydrogen-bond donors (Lipinski definition) is 0. The molecule has 6 heteroatoms. The van der Waals surface area contributed by atoms with Crippen LogP contribution in [-0.4, -0.2) is 35.3 Å². The average molecular weight is 471 g/mol. The predicted molar refractivity (Wildman–Crippen MR) is 131 cm³/mol. The molecule has 3 rings (SSSR count). The van der Waals surface area contributed by atoms with Gasteiger partial charge < -0.3 is 9.32 Å². The summed E-state index contributed by atoms with van der Waals surface area (Å²) in [6.45, 7) is 6.15. The van der Waals surface area contributed by atoms with Crippen LogP contribution in [0.4, 0.5) is 4.39 Å². The Hall–Kier alpha value is -2.63. The van der Waals surface area contributed by atoms with Crippen molar-refractivity contribution >= 4 is 17.5 Å². The van der Waals surface area contributed by atoms with Gasteiger partial charge in [0.1, 0.15) is 17.3 Å². The van der Waals surface area contributed by atoms with Crippen molar-refractivity contribution in [3.63, 3.8) is 0 Å². The highest BCUT2D eigenvalue weighted by Gasteiger charge is 2.21. The molecule has 0 saturated carbocycles. The summed E-state index contributed by atoms with van der Waals surface area (Å²) in [5.41, 5.74) is 1.60. The van der Waals surface area contributed by atoms with Crippen LogP contribution in [0.2, 0.25) is 5.02 Å². The molecule has 0 N–H and O–H groups in total. The lowest BCUT2D eigenvalue weighted by Crippen LogP contribution is -2.41. The molecule has 0 atom stereocenters. The summed E-state index contributed by atoms with van der Waals surface area (Å²) >= 11 is 6.26. The summed E-state index contributed by atoms with van der Waals surface area (Å²) in [7, 11) is 0. The number of aryl methyl sites for hydroxylation is 1. The van der Waals surface area contributed by atoms with Crippen molar-refractivity contribution in [2.75, 3.05) is 19.6 Å². The number of carbonyl (C=O) groups excluding carboxylic acids is 1. The number of unbranched alkanes of at least 4 members (excludes halogenated alkanes) is 1. The number of hydrogen-bond acceptors (Lipinski definition) is 3. The Balaban J connectivity index is 1.74. The van der Waals surface area contributed by atoms with Crippen molar-refractivity contribution in [2.45, 2.75) is 46.2 Å². The van der Waals surface area contributed by atoms with E-state index in [2.05, 4.69) is 19.1 Å². The molecule has 0 fully saturated rings. The van der Waals surface area contributed by atoms with Gasteiger partial charge in [0.15, 0.2) is 0 Å². The van der Waals surface area contributed by atoms with Crippen LogP contribution < -0.4 is 0 Å². The molecule has 1 heterocycles. The van der Waals surface area contributed by atoms with Crippen LogP contribution in [0.1, 0.15) is 42.4 Å². The Labute approximate surface area is 201 Å². The van der Waals surface area contributed by atoms with Crippen LogP contribution >= 0.6 is 11.6 Å². The highest BCUT2D eigenvalue weighted by atomic mass is 35.5. The normalized spacial score (nSPS) is 11.2. The topological polar surface area (TPSA) is 36.7 Å². The minimum atomic E-state index is -0.344. The van der Waals surface area contributed by atoms with Crippen molar-refractivity contribution in [3.05, 3.63) is 94.2 Å². The third kappa shape index (κ3) is 7.72. The highest BCUT2D eigenvalue weighted by Crippen LogP contribution is 2.21. The van der Waals surface area contributed by atoms with Gasteiger partial charge in [0.05, 0.1) is 13.1 Å². The first kappa shape index (κ1) is 25.0. The number of furan rings is 1. The number of benzene rings is 2. The van der Waals surface area contributed by atoms with Crippen molar-refractivity contribution in [1.29, 1.82) is 0 Å². The van der Waals surface area contributed by atoms with Gasteiger partial charge in [-0.1, -0.05) is 61.3 Å². The first-order valence-corrected chi connectivity index (χ1v) is 11.9. The van der Waals surface area contributed by atoms with Gasteiger partial charge in [0.25, 0.3) is 0 Å². The van der Waals surface area contributed by atoms with E-state index in [4.69, 9.17) is 16.0 Å². The molecule has 176 valence electrons. The second kappa shape index (κ2) is 12.6. The SMILES string of the molecule is CCCCN(CC(=O)N(CCc1ccccc1)Cc1ccc(C)o1)Cc1c(F)cccc1Cl. The first-order valence-electron chi connectivity index (χ1n) is 11.5. The van der Waals surface area contributed by atoms with Crippen LogP contribution in [0.15, 0.2) is 65.1 Å². The quantitative estimate of drug-likeness (QED) is 0.313. The fourth-order valence-corrected chi connectivity index (χ4v) is 3.98. The van der Waals surface area contributed by atoms with Gasteiger partial charge in [-0.2, -0.15) is 0 Å². The van der Waals surface area contributed by atoms with Crippen LogP contribution in [0.3, 0.4) is 0 Å². The summed E-state index contributed by atoms with van der Waals surface area (Å²) in [5, 5.41) is 0.385. The zero-order chi connectivity index (χ0) is 23.6. The van der Waals surface area contributed by atoms with E-state index in [0.29, 0.717) is 36.8 Å². The van der Waals surface area contributed by atoms with E-state index in [9.17, 15) is 9.18 Å². The molecule has 1 aromatic heterocycles. The average Bonchev–Trinajstić information content (AvgIpc) is 3.22. The molecule has 2 aromatic carbocycles. The Morgan fingerprint density at radius 2 is 1.79 bits per heavy atom. The van der Waals surface area contributed by atoms with Crippen LogP contribution in [0.25, 0.3) is 0 Å². The summed E-state index contributed by atoms with van der Waals surface area (Å²) in [6, 6.07) is 18.6. The van der Waals surface area contributed by atoms with Crippen LogP contribution in [0.5, 0.6) is 0 Å². The van der Waals surface area contributed by atoms with Crippen molar-refractivity contribution in [1.82, 2.24) is 9.80 Å². The number of nitrogens with zero attached hydrogens (tertiary/aromatic N) is 2. The zero-order valence-electron chi connectivity index (χ0n) is 19.4. The van der Waals surface area contributed by atoms with E-state index in [1.807, 2.05) is 47.1 Å². The van der Waals surface area contributed by atoms with E-state index in [1.54, 1.807) is 12.1 Å². The highest BCUT2D eigenvalue weighted by molar-refractivity contribution is 6.31. The molecule has 0 aliphatic heterocycles. The molecule has 1 amide bonds. The lowest BCUT2D eigenvalue weighted by molar-refractivity contribution is -0.133. The molecular weight excluding hydrogens is 439 g/mol. The lowest BCUT2D eigenvalue weighted by atomic mass is 10.1. The molecule has 0 bridgehead atoms. The zero-order valence-corrected chi connectivity index (χ0v) is 20.2. The third-order valence-electron chi connectivity index (χ3n) is 5.64. The second-order valence-electron chi connectivity index (χ2n) is 8.33. The fourth-order valence-electron chi connectivity index (χ4n) is 3.75. The van der Waals surface area contributed by atoms with E-state index in [1.165, 1.54) is 11.6 Å². The largest absolute Gasteiger partial charge is 0.464 e. The summed E-state index contributed by atoms with van der Waals surface area (Å²) in [6.07, 6.45) is 2.65. The maximum absolute atomic E-state index is 14.4. The monoisotopic (exact) mass is 470 g/mol. The summed E-state index contributed by atoms with van der Waals surface area (Å²) < 4.78 is 20.1. The molecule has 3 aromatic rings. The predicted octanol–water partition coefficient (Wildman–Crippen LogP) is 6.25. The minimum Gasteiger partial charge on any atom is -0.464 e. The summed E-state index contributed by atoms with van der Waals surface area (Å²) in [5.74, 6) is 1.22. The molecule has 0 aliphatic carbocycles. The van der Waals surface area contributed by atoms with Gasteiger partial charge in [-0.05, 0) is 56.1 Å². The third-order valence-corrected chi connectivity index (χ3v) is 5.99. The fraction of sp³-hybridized carbons (Fsp3) is 0.370. The minimum absolute atomic E-state index is 0.0106. The van der Waals surface area contributed by atoms with E-state index >= 15 is 0 Å². The van der Waals surface area contributed by atoms with Gasteiger partial charge >= 0.3 is 0 Å². The maximum Gasteiger partial charge on any atom is 0.237 e. The Bertz CT molecular complexity index is 1000. The Morgan fingerprint density at radius 1 is 1.00 bits per heavy atom. The Kier molecular flexibility index (Phi) is 9.52. The van der Waals surface area contributed by atoms with Crippen LogP contribution in [-0.2, 0) is 24.3 Å². The standard InChI is InChI=1S/C27H32ClFN2O2/c1-3-4-16-30(19-24-25(28)11-8-12-26(24)29)20-27(32)31(18-23-14-13-21(2)33-23)17-15-22-9-6-5-7-10-22/h5-14H,3-4,15-20H2,1-2H3. The number of halogens is 2. The Morgan fingerprint density at radius 3 is 2.45 bits per heavy atom. The molecule has 33 heavy (non-hydrogen) atoms. The molecule has 4 nitrogen and oxygen atoms in total.